The largest absolute Gasteiger partial charge is 0.355 e. The lowest BCUT2D eigenvalue weighted by atomic mass is 10.4. The van der Waals surface area contributed by atoms with Gasteiger partial charge in [0.25, 0.3) is 0 Å². The number of carbonyl (C=O) groups excluding carboxylic acids is 2. The number of hydrogen-bond donors (Lipinski definition) is 3. The third-order valence-electron chi connectivity index (χ3n) is 1.80. The summed E-state index contributed by atoms with van der Waals surface area (Å²) < 4.78 is 0. The number of carbonyl (C=O) groups is 2. The van der Waals surface area contributed by atoms with Gasteiger partial charge in [0.05, 0.1) is 6.54 Å². The molecule has 0 aliphatic carbocycles. The Morgan fingerprint density at radius 2 is 1.73 bits per heavy atom. The van der Waals surface area contributed by atoms with Crippen LogP contribution >= 0.6 is 0 Å². The second-order valence-corrected chi connectivity index (χ2v) is 3.23. The first kappa shape index (κ1) is 13.9. The summed E-state index contributed by atoms with van der Waals surface area (Å²) in [5.41, 5.74) is 0. The number of hydrogen-bond acceptors (Lipinski definition) is 3. The zero-order valence-electron chi connectivity index (χ0n) is 9.56. The van der Waals surface area contributed by atoms with Gasteiger partial charge in [-0.25, -0.2) is 0 Å². The van der Waals surface area contributed by atoms with Crippen molar-refractivity contribution in [1.29, 1.82) is 0 Å². The highest BCUT2D eigenvalue weighted by Gasteiger charge is 2.03. The Bertz CT molecular complexity index is 195. The van der Waals surface area contributed by atoms with Crippen molar-refractivity contribution < 1.29 is 9.59 Å². The van der Waals surface area contributed by atoms with Gasteiger partial charge in [0, 0.05) is 19.5 Å². The maximum atomic E-state index is 11.2. The van der Waals surface area contributed by atoms with E-state index in [1.165, 1.54) is 0 Å². The smallest absolute Gasteiger partial charge is 0.239 e. The van der Waals surface area contributed by atoms with Crippen LogP contribution in [0.1, 0.15) is 26.7 Å². The van der Waals surface area contributed by atoms with Crippen LogP contribution in [0.5, 0.6) is 0 Å². The van der Waals surface area contributed by atoms with Gasteiger partial charge in [0.15, 0.2) is 0 Å². The summed E-state index contributed by atoms with van der Waals surface area (Å²) in [5.74, 6) is -0.226. The maximum absolute atomic E-state index is 11.2. The minimum atomic E-state index is -0.131. The van der Waals surface area contributed by atoms with Crippen molar-refractivity contribution in [3.05, 3.63) is 0 Å². The predicted octanol–water partition coefficient (Wildman–Crippen LogP) is -0.372. The molecule has 0 aliphatic heterocycles. The fourth-order valence-corrected chi connectivity index (χ4v) is 0.973. The lowest BCUT2D eigenvalue weighted by Gasteiger charge is -2.06. The van der Waals surface area contributed by atoms with Gasteiger partial charge in [-0.05, 0) is 13.0 Å². The first-order chi connectivity index (χ1) is 7.20. The summed E-state index contributed by atoms with van der Waals surface area (Å²) in [6.07, 6.45) is 1.31. The Morgan fingerprint density at radius 3 is 2.33 bits per heavy atom. The van der Waals surface area contributed by atoms with Gasteiger partial charge < -0.3 is 16.0 Å². The molecule has 0 atom stereocenters. The molecule has 0 aromatic carbocycles. The van der Waals surface area contributed by atoms with E-state index >= 15 is 0 Å². The van der Waals surface area contributed by atoms with E-state index in [-0.39, 0.29) is 18.4 Å². The van der Waals surface area contributed by atoms with E-state index in [9.17, 15) is 9.59 Å². The Kier molecular flexibility index (Phi) is 8.76. The fraction of sp³-hybridized carbons (Fsp3) is 0.800. The van der Waals surface area contributed by atoms with Crippen molar-refractivity contribution in [2.24, 2.45) is 0 Å². The summed E-state index contributed by atoms with van der Waals surface area (Å²) in [7, 11) is 0. The average Bonchev–Trinajstić information content (AvgIpc) is 2.24. The van der Waals surface area contributed by atoms with Gasteiger partial charge in [-0.15, -0.1) is 0 Å². The van der Waals surface area contributed by atoms with Crippen molar-refractivity contribution >= 4 is 11.8 Å². The van der Waals surface area contributed by atoms with Crippen LogP contribution in [0.15, 0.2) is 0 Å². The van der Waals surface area contributed by atoms with Crippen LogP contribution in [0.4, 0.5) is 0 Å². The quantitative estimate of drug-likeness (QED) is 0.484. The zero-order chi connectivity index (χ0) is 11.5. The van der Waals surface area contributed by atoms with Gasteiger partial charge in [-0.3, -0.25) is 9.59 Å². The van der Waals surface area contributed by atoms with E-state index in [0.717, 1.165) is 13.0 Å². The molecule has 15 heavy (non-hydrogen) atoms. The SMILES string of the molecule is CCCNC(=O)CNC(=O)CCNCC. The van der Waals surface area contributed by atoms with Gasteiger partial charge in [-0.1, -0.05) is 13.8 Å². The third kappa shape index (κ3) is 9.21. The number of rotatable bonds is 8. The molecule has 0 fully saturated rings. The molecule has 5 heteroatoms. The minimum absolute atomic E-state index is 0.0744. The molecule has 3 N–H and O–H groups in total. The van der Waals surface area contributed by atoms with Crippen LogP contribution in [0.25, 0.3) is 0 Å². The molecule has 0 spiro atoms. The molecule has 0 aromatic heterocycles. The highest BCUT2D eigenvalue weighted by molar-refractivity contribution is 5.84. The molecule has 0 saturated carbocycles. The topological polar surface area (TPSA) is 70.2 Å². The van der Waals surface area contributed by atoms with Crippen LogP contribution in [0, 0.1) is 0 Å². The Morgan fingerprint density at radius 1 is 1.00 bits per heavy atom. The lowest BCUT2D eigenvalue weighted by Crippen LogP contribution is -2.38. The summed E-state index contributed by atoms with van der Waals surface area (Å²) in [5, 5.41) is 8.28. The molecule has 0 heterocycles. The van der Waals surface area contributed by atoms with Crippen LogP contribution in [0.3, 0.4) is 0 Å². The van der Waals surface area contributed by atoms with E-state index in [0.29, 0.717) is 19.5 Å². The van der Waals surface area contributed by atoms with Crippen molar-refractivity contribution in [2.75, 3.05) is 26.2 Å². The second-order valence-electron chi connectivity index (χ2n) is 3.23. The van der Waals surface area contributed by atoms with Crippen LogP contribution in [-0.4, -0.2) is 38.0 Å². The lowest BCUT2D eigenvalue weighted by molar-refractivity contribution is -0.126. The zero-order valence-corrected chi connectivity index (χ0v) is 9.56. The first-order valence-electron chi connectivity index (χ1n) is 5.44. The Balaban J connectivity index is 3.40. The minimum Gasteiger partial charge on any atom is -0.355 e. The molecule has 2 amide bonds. The number of amides is 2. The summed E-state index contributed by atoms with van der Waals surface area (Å²) in [6.45, 7) is 6.20. The van der Waals surface area contributed by atoms with E-state index < -0.39 is 0 Å². The van der Waals surface area contributed by atoms with Gasteiger partial charge >= 0.3 is 0 Å². The fourth-order valence-electron chi connectivity index (χ4n) is 0.973. The van der Waals surface area contributed by atoms with Gasteiger partial charge in [0.1, 0.15) is 0 Å². The molecule has 0 radical (unpaired) electrons. The van der Waals surface area contributed by atoms with Crippen LogP contribution < -0.4 is 16.0 Å². The van der Waals surface area contributed by atoms with Gasteiger partial charge in [-0.2, -0.15) is 0 Å². The highest BCUT2D eigenvalue weighted by atomic mass is 16.2. The van der Waals surface area contributed by atoms with Gasteiger partial charge in [0.2, 0.25) is 11.8 Å². The van der Waals surface area contributed by atoms with Crippen LogP contribution in [-0.2, 0) is 9.59 Å². The number of nitrogens with one attached hydrogen (secondary N) is 3. The van der Waals surface area contributed by atoms with E-state index in [1.54, 1.807) is 0 Å². The van der Waals surface area contributed by atoms with E-state index in [1.807, 2.05) is 13.8 Å². The van der Waals surface area contributed by atoms with E-state index in [2.05, 4.69) is 16.0 Å². The van der Waals surface area contributed by atoms with E-state index in [4.69, 9.17) is 0 Å². The Labute approximate surface area is 91.0 Å². The van der Waals surface area contributed by atoms with Crippen molar-refractivity contribution in [3.63, 3.8) is 0 Å². The monoisotopic (exact) mass is 215 g/mol. The van der Waals surface area contributed by atoms with Crippen molar-refractivity contribution in [2.45, 2.75) is 26.7 Å². The molecule has 0 saturated heterocycles. The summed E-state index contributed by atoms with van der Waals surface area (Å²) >= 11 is 0. The molecule has 5 nitrogen and oxygen atoms in total. The molecule has 0 rings (SSSR count). The molecule has 88 valence electrons. The van der Waals surface area contributed by atoms with Crippen molar-refractivity contribution in [3.8, 4) is 0 Å². The molecule has 0 unspecified atom stereocenters. The predicted molar refractivity (Wildman–Crippen MR) is 59.5 cm³/mol. The molecular formula is C10H21N3O2. The van der Waals surface area contributed by atoms with Crippen LogP contribution in [0.2, 0.25) is 0 Å². The molecule has 0 bridgehead atoms. The first-order valence-corrected chi connectivity index (χ1v) is 5.44. The summed E-state index contributed by atoms with van der Waals surface area (Å²) in [6, 6.07) is 0. The average molecular weight is 215 g/mol. The standard InChI is InChI=1S/C10H21N3O2/c1-3-6-12-10(15)8-13-9(14)5-7-11-4-2/h11H,3-8H2,1-2H3,(H,12,15)(H,13,14). The normalized spacial score (nSPS) is 9.73. The van der Waals surface area contributed by atoms with Crippen molar-refractivity contribution in [1.82, 2.24) is 16.0 Å². The third-order valence-corrected chi connectivity index (χ3v) is 1.80. The summed E-state index contributed by atoms with van der Waals surface area (Å²) in [4.78, 5) is 22.3. The molecule has 0 aliphatic rings. The highest BCUT2D eigenvalue weighted by Crippen LogP contribution is 1.77. The Hall–Kier alpha value is -1.10. The maximum Gasteiger partial charge on any atom is 0.239 e. The molecule has 0 aromatic rings. The molecular weight excluding hydrogens is 194 g/mol. The second kappa shape index (κ2) is 9.45.